The van der Waals surface area contributed by atoms with Crippen molar-refractivity contribution in [2.75, 3.05) is 37.9 Å². The number of methoxy groups -OCH3 is 2. The van der Waals surface area contributed by atoms with Gasteiger partial charge in [0.25, 0.3) is 5.91 Å². The van der Waals surface area contributed by atoms with Gasteiger partial charge in [-0.25, -0.2) is 0 Å². The lowest BCUT2D eigenvalue weighted by Gasteiger charge is -2.08. The number of pyridine rings is 1. The number of nitrogens with one attached hydrogen (secondary N) is 3. The molecule has 4 aromatic rings. The van der Waals surface area contributed by atoms with Gasteiger partial charge in [-0.2, -0.15) is 5.10 Å². The summed E-state index contributed by atoms with van der Waals surface area (Å²) in [6, 6.07) is 14.5. The predicted molar refractivity (Wildman–Crippen MR) is 132 cm³/mol. The standard InChI is InChI=1S/C24H26N8O3/c1-32-20(15-19(31-32)18-14-17(34-2)4-5-21(18)35-3)24(33)27-13-12-26-22-6-7-23(30-29-22)28-16-8-10-25-11-9-16/h4-11,14-15H,12-13H2,1-3H3,(H,26,29)(H,27,33)(H,25,28,30). The number of hydrogen-bond donors (Lipinski definition) is 3. The van der Waals surface area contributed by atoms with E-state index in [1.165, 1.54) is 4.68 Å². The van der Waals surface area contributed by atoms with Crippen molar-refractivity contribution in [3.63, 3.8) is 0 Å². The molecule has 0 atom stereocenters. The fourth-order valence-electron chi connectivity index (χ4n) is 3.36. The van der Waals surface area contributed by atoms with E-state index in [1.807, 2.05) is 30.3 Å². The van der Waals surface area contributed by atoms with Gasteiger partial charge in [0.2, 0.25) is 0 Å². The number of carbonyl (C=O) groups excluding carboxylic acids is 1. The van der Waals surface area contributed by atoms with Crippen LogP contribution in [0.3, 0.4) is 0 Å². The number of carbonyl (C=O) groups is 1. The monoisotopic (exact) mass is 474 g/mol. The second-order valence-corrected chi connectivity index (χ2v) is 7.45. The Morgan fingerprint density at radius 1 is 0.943 bits per heavy atom. The number of aryl methyl sites for hydroxylation is 1. The maximum absolute atomic E-state index is 12.7. The zero-order valence-electron chi connectivity index (χ0n) is 19.6. The molecule has 11 heteroatoms. The Morgan fingerprint density at radius 2 is 1.71 bits per heavy atom. The van der Waals surface area contributed by atoms with Gasteiger partial charge in [0, 0.05) is 43.8 Å². The van der Waals surface area contributed by atoms with E-state index in [4.69, 9.17) is 9.47 Å². The van der Waals surface area contributed by atoms with E-state index >= 15 is 0 Å². The fourth-order valence-corrected chi connectivity index (χ4v) is 3.36. The minimum Gasteiger partial charge on any atom is -0.497 e. The third-order valence-corrected chi connectivity index (χ3v) is 5.13. The molecule has 0 radical (unpaired) electrons. The summed E-state index contributed by atoms with van der Waals surface area (Å²) in [4.78, 5) is 16.7. The van der Waals surface area contributed by atoms with Gasteiger partial charge >= 0.3 is 0 Å². The molecule has 0 spiro atoms. The molecule has 35 heavy (non-hydrogen) atoms. The normalized spacial score (nSPS) is 10.5. The molecule has 0 aliphatic carbocycles. The molecule has 1 amide bonds. The van der Waals surface area contributed by atoms with Crippen molar-refractivity contribution in [3.05, 3.63) is 66.6 Å². The Bertz CT molecular complexity index is 1280. The number of amides is 1. The molecule has 0 aliphatic heterocycles. The van der Waals surface area contributed by atoms with Gasteiger partial charge in [-0.05, 0) is 48.5 Å². The van der Waals surface area contributed by atoms with Gasteiger partial charge < -0.3 is 25.4 Å². The van der Waals surface area contributed by atoms with E-state index in [2.05, 4.69) is 36.2 Å². The average molecular weight is 475 g/mol. The highest BCUT2D eigenvalue weighted by Gasteiger charge is 2.17. The number of benzene rings is 1. The molecule has 3 heterocycles. The summed E-state index contributed by atoms with van der Waals surface area (Å²) in [6.45, 7) is 0.868. The van der Waals surface area contributed by atoms with E-state index in [-0.39, 0.29) is 5.91 Å². The second kappa shape index (κ2) is 11.0. The maximum atomic E-state index is 12.7. The van der Waals surface area contributed by atoms with Gasteiger partial charge in [0.1, 0.15) is 23.0 Å². The van der Waals surface area contributed by atoms with E-state index in [0.29, 0.717) is 47.6 Å². The third-order valence-electron chi connectivity index (χ3n) is 5.13. The third kappa shape index (κ3) is 5.82. The SMILES string of the molecule is COc1ccc(OC)c(-c2cc(C(=O)NCCNc3ccc(Nc4ccncc4)nn3)n(C)n2)c1. The quantitative estimate of drug-likeness (QED) is 0.297. The molecule has 0 saturated carbocycles. The van der Waals surface area contributed by atoms with Crippen molar-refractivity contribution < 1.29 is 14.3 Å². The topological polar surface area (TPSA) is 128 Å². The Morgan fingerprint density at radius 3 is 2.43 bits per heavy atom. The van der Waals surface area contributed by atoms with E-state index in [0.717, 1.165) is 11.3 Å². The molecular weight excluding hydrogens is 448 g/mol. The molecule has 3 aromatic heterocycles. The highest BCUT2D eigenvalue weighted by molar-refractivity contribution is 5.94. The van der Waals surface area contributed by atoms with Crippen LogP contribution in [0.2, 0.25) is 0 Å². The van der Waals surface area contributed by atoms with Crippen molar-refractivity contribution in [2.24, 2.45) is 7.05 Å². The summed E-state index contributed by atoms with van der Waals surface area (Å²) in [5, 5.41) is 21.9. The largest absolute Gasteiger partial charge is 0.497 e. The molecular formula is C24H26N8O3. The first-order valence-corrected chi connectivity index (χ1v) is 10.9. The van der Waals surface area contributed by atoms with Crippen LogP contribution < -0.4 is 25.4 Å². The van der Waals surface area contributed by atoms with Crippen LogP contribution in [0.1, 0.15) is 10.5 Å². The van der Waals surface area contributed by atoms with Gasteiger partial charge in [0.15, 0.2) is 5.82 Å². The molecule has 1 aromatic carbocycles. The molecule has 180 valence electrons. The molecule has 11 nitrogen and oxygen atoms in total. The summed E-state index contributed by atoms with van der Waals surface area (Å²) in [6.07, 6.45) is 3.39. The van der Waals surface area contributed by atoms with Crippen LogP contribution in [0, 0.1) is 0 Å². The molecule has 3 N–H and O–H groups in total. The predicted octanol–water partition coefficient (Wildman–Crippen LogP) is 2.87. The first-order valence-electron chi connectivity index (χ1n) is 10.9. The Hall–Kier alpha value is -4.67. The lowest BCUT2D eigenvalue weighted by molar-refractivity contribution is 0.0946. The van der Waals surface area contributed by atoms with Crippen molar-refractivity contribution in [3.8, 4) is 22.8 Å². The summed E-state index contributed by atoms with van der Waals surface area (Å²) in [5.41, 5.74) is 2.66. The number of nitrogens with zero attached hydrogens (tertiary/aromatic N) is 5. The smallest absolute Gasteiger partial charge is 0.269 e. The number of aromatic nitrogens is 5. The van der Waals surface area contributed by atoms with E-state index in [9.17, 15) is 4.79 Å². The van der Waals surface area contributed by atoms with Crippen LogP contribution in [0.5, 0.6) is 11.5 Å². The van der Waals surface area contributed by atoms with Crippen molar-refractivity contribution in [2.45, 2.75) is 0 Å². The highest BCUT2D eigenvalue weighted by atomic mass is 16.5. The average Bonchev–Trinajstić information content (AvgIpc) is 3.29. The van der Waals surface area contributed by atoms with Gasteiger partial charge in [-0.15, -0.1) is 10.2 Å². The first-order chi connectivity index (χ1) is 17.1. The Kier molecular flexibility index (Phi) is 7.36. The molecule has 4 rings (SSSR count). The molecule has 0 saturated heterocycles. The van der Waals surface area contributed by atoms with E-state index in [1.54, 1.807) is 51.9 Å². The van der Waals surface area contributed by atoms with Crippen LogP contribution >= 0.6 is 0 Å². The zero-order valence-corrected chi connectivity index (χ0v) is 19.6. The highest BCUT2D eigenvalue weighted by Crippen LogP contribution is 2.32. The van der Waals surface area contributed by atoms with Crippen LogP contribution in [0.15, 0.2) is 60.9 Å². The summed E-state index contributed by atoms with van der Waals surface area (Å²) in [7, 11) is 4.90. The zero-order chi connectivity index (χ0) is 24.6. The minimum atomic E-state index is -0.238. The summed E-state index contributed by atoms with van der Waals surface area (Å²) < 4.78 is 12.3. The fraction of sp³-hybridized carbons (Fsp3) is 0.208. The first kappa shape index (κ1) is 23.5. The molecule has 0 aliphatic rings. The number of rotatable bonds is 10. The Labute approximate surface area is 202 Å². The summed E-state index contributed by atoms with van der Waals surface area (Å²) >= 11 is 0. The summed E-state index contributed by atoms with van der Waals surface area (Å²) in [5.74, 6) is 2.30. The lowest BCUT2D eigenvalue weighted by Crippen LogP contribution is -2.30. The number of hydrogen-bond acceptors (Lipinski definition) is 9. The molecule has 0 unspecified atom stereocenters. The van der Waals surface area contributed by atoms with Gasteiger partial charge in [0.05, 0.1) is 19.9 Å². The lowest BCUT2D eigenvalue weighted by atomic mass is 10.1. The minimum absolute atomic E-state index is 0.238. The Balaban J connectivity index is 1.31. The van der Waals surface area contributed by atoms with Crippen LogP contribution in [-0.2, 0) is 7.05 Å². The number of ether oxygens (including phenoxy) is 2. The van der Waals surface area contributed by atoms with Gasteiger partial charge in [-0.3, -0.25) is 14.5 Å². The second-order valence-electron chi connectivity index (χ2n) is 7.45. The number of anilines is 3. The maximum Gasteiger partial charge on any atom is 0.269 e. The molecule has 0 fully saturated rings. The van der Waals surface area contributed by atoms with Crippen LogP contribution in [-0.4, -0.2) is 58.2 Å². The van der Waals surface area contributed by atoms with Crippen LogP contribution in [0.4, 0.5) is 17.3 Å². The molecule has 0 bridgehead atoms. The van der Waals surface area contributed by atoms with Crippen molar-refractivity contribution >= 4 is 23.2 Å². The van der Waals surface area contributed by atoms with Gasteiger partial charge in [-0.1, -0.05) is 0 Å². The van der Waals surface area contributed by atoms with Crippen molar-refractivity contribution in [1.29, 1.82) is 0 Å². The van der Waals surface area contributed by atoms with Crippen molar-refractivity contribution in [1.82, 2.24) is 30.3 Å². The van der Waals surface area contributed by atoms with Crippen LogP contribution in [0.25, 0.3) is 11.3 Å². The van der Waals surface area contributed by atoms with E-state index < -0.39 is 0 Å².